The van der Waals surface area contributed by atoms with Crippen molar-refractivity contribution in [2.24, 2.45) is 23.7 Å². The summed E-state index contributed by atoms with van der Waals surface area (Å²) in [7, 11) is 0. The van der Waals surface area contributed by atoms with Crippen molar-refractivity contribution in [3.05, 3.63) is 25.3 Å². The minimum absolute atomic E-state index is 0.716. The first-order chi connectivity index (χ1) is 10.3. The van der Waals surface area contributed by atoms with Crippen LogP contribution in [0.15, 0.2) is 25.3 Å². The predicted molar refractivity (Wildman–Crippen MR) is 91.3 cm³/mol. The second-order valence-corrected chi connectivity index (χ2v) is 7.31. The number of allylic oxidation sites excluding steroid dienone is 1. The molecule has 0 aliphatic heterocycles. The first-order valence-electron chi connectivity index (χ1n) is 9.13. The fourth-order valence-corrected chi connectivity index (χ4v) is 4.19. The van der Waals surface area contributed by atoms with Crippen LogP contribution in [0.5, 0.6) is 0 Å². The SMILES string of the molecule is C=CCOC[C@H]1CC[C@H](CC[C@H]2CC[C@H](C=C)CC2)CC1. The maximum Gasteiger partial charge on any atom is 0.0644 e. The molecule has 0 unspecified atom stereocenters. The summed E-state index contributed by atoms with van der Waals surface area (Å²) < 4.78 is 5.61. The first kappa shape index (κ1) is 16.8. The van der Waals surface area contributed by atoms with Crippen LogP contribution in [0.1, 0.15) is 64.2 Å². The fourth-order valence-electron chi connectivity index (χ4n) is 4.19. The largest absolute Gasteiger partial charge is 0.377 e. The van der Waals surface area contributed by atoms with E-state index in [1.165, 1.54) is 64.2 Å². The summed E-state index contributed by atoms with van der Waals surface area (Å²) in [6.07, 6.45) is 18.3. The molecule has 2 fully saturated rings. The summed E-state index contributed by atoms with van der Waals surface area (Å²) in [6.45, 7) is 9.31. The van der Waals surface area contributed by atoms with Gasteiger partial charge in [-0.25, -0.2) is 0 Å². The van der Waals surface area contributed by atoms with E-state index in [1.54, 1.807) is 0 Å². The van der Waals surface area contributed by atoms with Gasteiger partial charge in [0, 0.05) is 6.61 Å². The molecule has 0 aromatic rings. The third-order valence-electron chi connectivity index (χ3n) is 5.76. The highest BCUT2D eigenvalue weighted by Crippen LogP contribution is 2.36. The Labute approximate surface area is 131 Å². The van der Waals surface area contributed by atoms with Gasteiger partial charge in [-0.15, -0.1) is 13.2 Å². The molecule has 0 aromatic heterocycles. The third-order valence-corrected chi connectivity index (χ3v) is 5.76. The molecule has 1 nitrogen and oxygen atoms in total. The molecule has 0 spiro atoms. The Bertz CT molecular complexity index is 293. The van der Waals surface area contributed by atoms with Gasteiger partial charge < -0.3 is 4.74 Å². The molecule has 2 rings (SSSR count). The number of ether oxygens (including phenoxy) is 1. The second kappa shape index (κ2) is 9.46. The van der Waals surface area contributed by atoms with Gasteiger partial charge >= 0.3 is 0 Å². The van der Waals surface area contributed by atoms with Crippen LogP contribution in [0.25, 0.3) is 0 Å². The zero-order chi connectivity index (χ0) is 14.9. The van der Waals surface area contributed by atoms with Gasteiger partial charge in [-0.2, -0.15) is 0 Å². The average Bonchev–Trinajstić information content (AvgIpc) is 2.55. The van der Waals surface area contributed by atoms with Gasteiger partial charge in [0.05, 0.1) is 6.61 Å². The molecule has 1 heteroatoms. The van der Waals surface area contributed by atoms with Crippen LogP contribution in [0.3, 0.4) is 0 Å². The maximum atomic E-state index is 5.61. The standard InChI is InChI=1S/C20H34O/c1-3-15-21-16-20-13-11-19(12-14-20)10-9-18-7-5-17(4-2)6-8-18/h3-4,17-20H,1-2,5-16H2/t17-,18-,19-,20-. The lowest BCUT2D eigenvalue weighted by atomic mass is 9.76. The van der Waals surface area contributed by atoms with Gasteiger partial charge in [0.1, 0.15) is 0 Å². The minimum Gasteiger partial charge on any atom is -0.377 e. The Balaban J connectivity index is 1.54. The Hall–Kier alpha value is -0.560. The van der Waals surface area contributed by atoms with Gasteiger partial charge in [0.15, 0.2) is 0 Å². The molecule has 0 amide bonds. The maximum absolute atomic E-state index is 5.61. The highest BCUT2D eigenvalue weighted by molar-refractivity contribution is 4.84. The molecule has 0 bridgehead atoms. The van der Waals surface area contributed by atoms with E-state index in [0.717, 1.165) is 30.3 Å². The van der Waals surface area contributed by atoms with Gasteiger partial charge in [-0.3, -0.25) is 0 Å². The van der Waals surface area contributed by atoms with Crippen molar-refractivity contribution in [1.29, 1.82) is 0 Å². The Kier molecular flexibility index (Phi) is 7.57. The normalized spacial score (nSPS) is 33.5. The van der Waals surface area contributed by atoms with Crippen LogP contribution >= 0.6 is 0 Å². The van der Waals surface area contributed by atoms with Crippen molar-refractivity contribution in [2.45, 2.75) is 64.2 Å². The van der Waals surface area contributed by atoms with Crippen LogP contribution in [-0.2, 0) is 4.74 Å². The Morgan fingerprint density at radius 3 is 1.81 bits per heavy atom. The molecule has 120 valence electrons. The van der Waals surface area contributed by atoms with E-state index in [9.17, 15) is 0 Å². The zero-order valence-corrected chi connectivity index (χ0v) is 13.8. The van der Waals surface area contributed by atoms with Gasteiger partial charge in [0.2, 0.25) is 0 Å². The van der Waals surface area contributed by atoms with E-state index >= 15 is 0 Å². The highest BCUT2D eigenvalue weighted by atomic mass is 16.5. The van der Waals surface area contributed by atoms with Gasteiger partial charge in [0.25, 0.3) is 0 Å². The molecule has 0 atom stereocenters. The molecule has 0 heterocycles. The third kappa shape index (κ3) is 5.98. The van der Waals surface area contributed by atoms with Crippen LogP contribution in [0.2, 0.25) is 0 Å². The lowest BCUT2D eigenvalue weighted by Gasteiger charge is -2.31. The summed E-state index contributed by atoms with van der Waals surface area (Å²) in [4.78, 5) is 0. The van der Waals surface area contributed by atoms with E-state index in [-0.39, 0.29) is 0 Å². The lowest BCUT2D eigenvalue weighted by Crippen LogP contribution is -2.20. The lowest BCUT2D eigenvalue weighted by molar-refractivity contribution is 0.0937. The second-order valence-electron chi connectivity index (χ2n) is 7.31. The number of hydrogen-bond donors (Lipinski definition) is 0. The van der Waals surface area contributed by atoms with E-state index in [2.05, 4.69) is 19.2 Å². The molecule has 0 N–H and O–H groups in total. The van der Waals surface area contributed by atoms with E-state index in [1.807, 2.05) is 6.08 Å². The van der Waals surface area contributed by atoms with Crippen molar-refractivity contribution < 1.29 is 4.74 Å². The van der Waals surface area contributed by atoms with Gasteiger partial charge in [-0.05, 0) is 62.2 Å². The predicted octanol–water partition coefficient (Wildman–Crippen LogP) is 5.77. The molecule has 2 saturated carbocycles. The van der Waals surface area contributed by atoms with E-state index in [4.69, 9.17) is 4.74 Å². The molecule has 0 saturated heterocycles. The van der Waals surface area contributed by atoms with Crippen molar-refractivity contribution in [2.75, 3.05) is 13.2 Å². The monoisotopic (exact) mass is 290 g/mol. The summed E-state index contributed by atoms with van der Waals surface area (Å²) >= 11 is 0. The topological polar surface area (TPSA) is 9.23 Å². The van der Waals surface area contributed by atoms with Crippen LogP contribution < -0.4 is 0 Å². The van der Waals surface area contributed by atoms with Crippen molar-refractivity contribution in [1.82, 2.24) is 0 Å². The smallest absolute Gasteiger partial charge is 0.0644 e. The van der Waals surface area contributed by atoms with Crippen molar-refractivity contribution in [3.8, 4) is 0 Å². The zero-order valence-electron chi connectivity index (χ0n) is 13.8. The summed E-state index contributed by atoms with van der Waals surface area (Å²) in [5, 5.41) is 0. The molecule has 21 heavy (non-hydrogen) atoms. The van der Waals surface area contributed by atoms with Crippen molar-refractivity contribution in [3.63, 3.8) is 0 Å². The Morgan fingerprint density at radius 2 is 1.29 bits per heavy atom. The summed E-state index contributed by atoms with van der Waals surface area (Å²) in [5.41, 5.74) is 0. The first-order valence-corrected chi connectivity index (χ1v) is 9.13. The molecule has 2 aliphatic carbocycles. The van der Waals surface area contributed by atoms with Crippen LogP contribution in [0.4, 0.5) is 0 Å². The van der Waals surface area contributed by atoms with Gasteiger partial charge in [-0.1, -0.05) is 37.8 Å². The highest BCUT2D eigenvalue weighted by Gasteiger charge is 2.24. The van der Waals surface area contributed by atoms with Crippen LogP contribution in [0, 0.1) is 23.7 Å². The number of rotatable bonds is 8. The quantitative estimate of drug-likeness (QED) is 0.407. The molecule has 2 aliphatic rings. The fraction of sp³-hybridized carbons (Fsp3) is 0.800. The van der Waals surface area contributed by atoms with Crippen molar-refractivity contribution >= 4 is 0 Å². The Morgan fingerprint density at radius 1 is 0.762 bits per heavy atom. The minimum atomic E-state index is 0.716. The molecular weight excluding hydrogens is 256 g/mol. The molecular formula is C20H34O. The summed E-state index contributed by atoms with van der Waals surface area (Å²) in [6, 6.07) is 0. The van der Waals surface area contributed by atoms with E-state index < -0.39 is 0 Å². The number of hydrogen-bond acceptors (Lipinski definition) is 1. The van der Waals surface area contributed by atoms with E-state index in [0.29, 0.717) is 6.61 Å². The average molecular weight is 290 g/mol. The molecule has 0 radical (unpaired) electrons. The van der Waals surface area contributed by atoms with Crippen LogP contribution in [-0.4, -0.2) is 13.2 Å². The molecule has 0 aromatic carbocycles. The summed E-state index contributed by atoms with van der Waals surface area (Å²) in [5.74, 6) is 3.63.